The highest BCUT2D eigenvalue weighted by atomic mass is 19.1. The summed E-state index contributed by atoms with van der Waals surface area (Å²) in [5, 5.41) is 8.31. The molecule has 3 nitrogen and oxygen atoms in total. The lowest BCUT2D eigenvalue weighted by atomic mass is 9.86. The summed E-state index contributed by atoms with van der Waals surface area (Å²) in [4.78, 5) is 10.2. The second-order valence-electron chi connectivity index (χ2n) is 4.58. The summed E-state index contributed by atoms with van der Waals surface area (Å²) in [7, 11) is 0. The first-order chi connectivity index (χ1) is 7.30. The summed E-state index contributed by atoms with van der Waals surface area (Å²) in [6, 6.07) is 6.68. The van der Waals surface area contributed by atoms with Crippen LogP contribution in [0.4, 0.5) is 9.18 Å². The molecule has 88 valence electrons. The van der Waals surface area contributed by atoms with E-state index in [2.05, 4.69) is 4.74 Å². The highest BCUT2D eigenvalue weighted by Gasteiger charge is 2.18. The first kappa shape index (κ1) is 12.5. The molecule has 0 aromatic heterocycles. The molecule has 0 aliphatic carbocycles. The number of carbonyl (C=O) groups is 1. The van der Waals surface area contributed by atoms with Crippen LogP contribution in [-0.4, -0.2) is 11.3 Å². The molecule has 0 saturated carbocycles. The Kier molecular flexibility index (Phi) is 3.52. The molecule has 0 aliphatic heterocycles. The van der Waals surface area contributed by atoms with Crippen molar-refractivity contribution in [1.29, 1.82) is 0 Å². The van der Waals surface area contributed by atoms with E-state index in [1.54, 1.807) is 12.1 Å². The zero-order valence-corrected chi connectivity index (χ0v) is 9.53. The maximum absolute atomic E-state index is 13.4. The number of carboxylic acid groups (broad SMARTS) is 1. The molecule has 1 N–H and O–H groups in total. The van der Waals surface area contributed by atoms with E-state index in [0.717, 1.165) is 5.56 Å². The van der Waals surface area contributed by atoms with Gasteiger partial charge in [0.2, 0.25) is 0 Å². The lowest BCUT2D eigenvalue weighted by Gasteiger charge is -2.20. The highest BCUT2D eigenvalue weighted by Crippen LogP contribution is 2.26. The Hall–Kier alpha value is -1.58. The van der Waals surface area contributed by atoms with Crippen molar-refractivity contribution in [2.24, 2.45) is 0 Å². The van der Waals surface area contributed by atoms with Gasteiger partial charge in [-0.1, -0.05) is 39.0 Å². The minimum atomic E-state index is -1.93. The minimum absolute atomic E-state index is 0.112. The largest absolute Gasteiger partial charge is 0.508 e. The average molecular weight is 226 g/mol. The summed E-state index contributed by atoms with van der Waals surface area (Å²) in [5.41, 5.74) is 1.04. The fraction of sp³-hybridized carbons (Fsp3) is 0.417. The van der Waals surface area contributed by atoms with E-state index < -0.39 is 12.5 Å². The number of hydrogen-bond donors (Lipinski definition) is 1. The zero-order valence-electron chi connectivity index (χ0n) is 9.53. The molecule has 1 aromatic rings. The Morgan fingerprint density at radius 3 is 2.56 bits per heavy atom. The van der Waals surface area contributed by atoms with E-state index in [-0.39, 0.29) is 11.0 Å². The Bertz CT molecular complexity index is 382. The second-order valence-corrected chi connectivity index (χ2v) is 4.58. The fourth-order valence-corrected chi connectivity index (χ4v) is 1.30. The maximum atomic E-state index is 13.4. The van der Waals surface area contributed by atoms with Gasteiger partial charge in [-0.2, -0.15) is 4.39 Å². The molecule has 1 unspecified atom stereocenters. The maximum Gasteiger partial charge on any atom is 0.508 e. The normalized spacial score (nSPS) is 13.2. The van der Waals surface area contributed by atoms with Gasteiger partial charge in [0.25, 0.3) is 6.36 Å². The van der Waals surface area contributed by atoms with Gasteiger partial charge in [-0.25, -0.2) is 4.79 Å². The van der Waals surface area contributed by atoms with Crippen molar-refractivity contribution >= 4 is 6.16 Å². The van der Waals surface area contributed by atoms with Crippen molar-refractivity contribution < 1.29 is 19.0 Å². The minimum Gasteiger partial charge on any atom is -0.450 e. The van der Waals surface area contributed by atoms with Crippen molar-refractivity contribution in [1.82, 2.24) is 0 Å². The van der Waals surface area contributed by atoms with Crippen LogP contribution in [0.15, 0.2) is 24.3 Å². The Morgan fingerprint density at radius 2 is 2.06 bits per heavy atom. The molecule has 4 heteroatoms. The van der Waals surface area contributed by atoms with Crippen LogP contribution in [-0.2, 0) is 10.2 Å². The summed E-state index contributed by atoms with van der Waals surface area (Å²) in [6.07, 6.45) is -3.55. The number of rotatable bonds is 2. The molecule has 0 fully saturated rings. The first-order valence-electron chi connectivity index (χ1n) is 4.95. The van der Waals surface area contributed by atoms with E-state index in [9.17, 15) is 9.18 Å². The third-order valence-electron chi connectivity index (χ3n) is 2.22. The molecule has 1 rings (SSSR count). The topological polar surface area (TPSA) is 46.5 Å². The van der Waals surface area contributed by atoms with E-state index in [1.165, 1.54) is 6.07 Å². The van der Waals surface area contributed by atoms with Gasteiger partial charge in [-0.15, -0.1) is 0 Å². The second kappa shape index (κ2) is 4.51. The molecule has 0 amide bonds. The van der Waals surface area contributed by atoms with Crippen LogP contribution in [0.1, 0.15) is 38.3 Å². The van der Waals surface area contributed by atoms with Crippen molar-refractivity contribution in [3.63, 3.8) is 0 Å². The molecule has 0 spiro atoms. The molecule has 1 atom stereocenters. The molecule has 1 aromatic carbocycles. The van der Waals surface area contributed by atoms with Crippen LogP contribution in [0, 0.1) is 0 Å². The molecular formula is C12H15FO3. The first-order valence-corrected chi connectivity index (χ1v) is 4.95. The highest BCUT2D eigenvalue weighted by molar-refractivity contribution is 5.57. The summed E-state index contributed by atoms with van der Waals surface area (Å²) in [5.74, 6) is 0. The molecule has 0 bridgehead atoms. The number of halogens is 1. The molecule has 0 radical (unpaired) electrons. The third kappa shape index (κ3) is 3.22. The SMILES string of the molecule is CC(C)(C)c1cccc(C(F)OC(=O)O)c1. The lowest BCUT2D eigenvalue weighted by Crippen LogP contribution is -2.12. The average Bonchev–Trinajstić information content (AvgIpc) is 2.15. The summed E-state index contributed by atoms with van der Waals surface area (Å²) < 4.78 is 17.4. The number of hydrogen-bond acceptors (Lipinski definition) is 2. The van der Waals surface area contributed by atoms with Crippen LogP contribution in [0.3, 0.4) is 0 Å². The van der Waals surface area contributed by atoms with Gasteiger partial charge in [-0.3, -0.25) is 0 Å². The summed E-state index contributed by atoms with van der Waals surface area (Å²) >= 11 is 0. The van der Waals surface area contributed by atoms with Crippen molar-refractivity contribution in [3.05, 3.63) is 35.4 Å². The van der Waals surface area contributed by atoms with Crippen molar-refractivity contribution in [3.8, 4) is 0 Å². The molecule has 0 saturated heterocycles. The number of alkyl halides is 1. The van der Waals surface area contributed by atoms with Crippen LogP contribution in [0.5, 0.6) is 0 Å². The van der Waals surface area contributed by atoms with E-state index in [0.29, 0.717) is 0 Å². The van der Waals surface area contributed by atoms with Gasteiger partial charge in [0, 0.05) is 5.56 Å². The van der Waals surface area contributed by atoms with E-state index in [1.807, 2.05) is 26.8 Å². The van der Waals surface area contributed by atoms with Crippen molar-refractivity contribution in [2.45, 2.75) is 32.5 Å². The van der Waals surface area contributed by atoms with Gasteiger partial charge in [0.1, 0.15) is 0 Å². The van der Waals surface area contributed by atoms with Gasteiger partial charge >= 0.3 is 6.16 Å². The van der Waals surface area contributed by atoms with Gasteiger partial charge in [-0.05, 0) is 17.0 Å². The molecule has 0 aliphatic rings. The number of ether oxygens (including phenoxy) is 1. The van der Waals surface area contributed by atoms with E-state index >= 15 is 0 Å². The van der Waals surface area contributed by atoms with Crippen molar-refractivity contribution in [2.75, 3.05) is 0 Å². The standard InChI is InChI=1S/C12H15FO3/c1-12(2,3)9-6-4-5-8(7-9)10(13)16-11(14)15/h4-7,10H,1-3H3,(H,14,15). The predicted octanol–water partition coefficient (Wildman–Crippen LogP) is 3.65. The molecular weight excluding hydrogens is 211 g/mol. The molecule has 16 heavy (non-hydrogen) atoms. The number of benzene rings is 1. The van der Waals surface area contributed by atoms with Crippen LogP contribution < -0.4 is 0 Å². The zero-order chi connectivity index (χ0) is 12.3. The lowest BCUT2D eigenvalue weighted by molar-refractivity contribution is -0.0163. The summed E-state index contributed by atoms with van der Waals surface area (Å²) in [6.45, 7) is 5.99. The van der Waals surface area contributed by atoms with Crippen LogP contribution >= 0.6 is 0 Å². The quantitative estimate of drug-likeness (QED) is 0.783. The van der Waals surface area contributed by atoms with Crippen LogP contribution in [0.25, 0.3) is 0 Å². The Balaban J connectivity index is 2.94. The van der Waals surface area contributed by atoms with E-state index in [4.69, 9.17) is 5.11 Å². The van der Waals surface area contributed by atoms with Gasteiger partial charge < -0.3 is 9.84 Å². The fourth-order valence-electron chi connectivity index (χ4n) is 1.30. The predicted molar refractivity (Wildman–Crippen MR) is 58.1 cm³/mol. The monoisotopic (exact) mass is 226 g/mol. The molecule has 0 heterocycles. The Labute approximate surface area is 93.9 Å². The van der Waals surface area contributed by atoms with Gasteiger partial charge in [0.15, 0.2) is 0 Å². The third-order valence-corrected chi connectivity index (χ3v) is 2.22. The van der Waals surface area contributed by atoms with Gasteiger partial charge in [0.05, 0.1) is 0 Å². The smallest absolute Gasteiger partial charge is 0.450 e. The van der Waals surface area contributed by atoms with Crippen LogP contribution in [0.2, 0.25) is 0 Å². The Morgan fingerprint density at radius 1 is 1.44 bits per heavy atom.